The highest BCUT2D eigenvalue weighted by Gasteiger charge is 2.18. The van der Waals surface area contributed by atoms with Gasteiger partial charge in [-0.05, 0) is 12.8 Å². The minimum Gasteiger partial charge on any atom is -0.233 e. The van der Waals surface area contributed by atoms with Crippen LogP contribution in [0.1, 0.15) is 32.1 Å². The van der Waals surface area contributed by atoms with Gasteiger partial charge in [-0.3, -0.25) is 0 Å². The summed E-state index contributed by atoms with van der Waals surface area (Å²) in [7, 11) is 0. The molecule has 1 heterocycles. The van der Waals surface area contributed by atoms with E-state index in [4.69, 9.17) is 0 Å². The van der Waals surface area contributed by atoms with Gasteiger partial charge in [-0.25, -0.2) is 10.5 Å². The van der Waals surface area contributed by atoms with Crippen molar-refractivity contribution < 1.29 is 0 Å². The number of hydrogen-bond acceptors (Lipinski definition) is 6. The van der Waals surface area contributed by atoms with Crippen LogP contribution in [0.3, 0.4) is 0 Å². The fourth-order valence-corrected chi connectivity index (χ4v) is 2.64. The molecule has 0 aromatic heterocycles. The van der Waals surface area contributed by atoms with Crippen LogP contribution in [0.4, 0.5) is 0 Å². The molecule has 15 heavy (non-hydrogen) atoms. The van der Waals surface area contributed by atoms with E-state index in [9.17, 15) is 0 Å². The summed E-state index contributed by atoms with van der Waals surface area (Å²) in [6.45, 7) is 0.717. The zero-order valence-corrected chi connectivity index (χ0v) is 10.5. The van der Waals surface area contributed by atoms with E-state index in [1.165, 1.54) is 32.1 Å². The van der Waals surface area contributed by atoms with E-state index in [-0.39, 0.29) is 0 Å². The lowest BCUT2D eigenvalue weighted by Gasteiger charge is -2.35. The molecule has 0 aromatic carbocycles. The van der Waals surface area contributed by atoms with Crippen molar-refractivity contribution in [2.45, 2.75) is 38.1 Å². The Bertz CT molecular complexity index is 240. The molecule has 2 rings (SSSR count). The van der Waals surface area contributed by atoms with Crippen LogP contribution in [-0.4, -0.2) is 22.1 Å². The molecule has 2 N–H and O–H groups in total. The number of rotatable bonds is 2. The molecule has 86 valence electrons. The Balaban J connectivity index is 1.85. The molecule has 4 nitrogen and oxygen atoms in total. The molecule has 6 heteroatoms. The fraction of sp³-hybridized carbons (Fsp3) is 0.778. The second kappa shape index (κ2) is 5.45. The van der Waals surface area contributed by atoms with Crippen molar-refractivity contribution >= 4 is 25.4 Å². The highest BCUT2D eigenvalue weighted by atomic mass is 32.1. The third-order valence-corrected chi connectivity index (χ3v) is 3.23. The first kappa shape index (κ1) is 11.6. The maximum Gasteiger partial charge on any atom is 0.0583 e. The molecule has 0 unspecified atom stereocenters. The van der Waals surface area contributed by atoms with E-state index >= 15 is 0 Å². The molecule has 1 aliphatic carbocycles. The fourth-order valence-electron chi connectivity index (χ4n) is 2.03. The Kier molecular flexibility index (Phi) is 4.21. The van der Waals surface area contributed by atoms with Crippen LogP contribution >= 0.6 is 25.4 Å². The highest BCUT2D eigenvalue weighted by molar-refractivity contribution is 7.84. The summed E-state index contributed by atoms with van der Waals surface area (Å²) >= 11 is 8.60. The van der Waals surface area contributed by atoms with E-state index in [0.717, 1.165) is 11.4 Å². The maximum absolute atomic E-state index is 4.35. The molecule has 0 amide bonds. The lowest BCUT2D eigenvalue weighted by molar-refractivity contribution is 0.0586. The second-order valence-corrected chi connectivity index (χ2v) is 5.17. The quantitative estimate of drug-likeness (QED) is 0.556. The summed E-state index contributed by atoms with van der Waals surface area (Å²) in [6, 6.07) is 0.573. The molecule has 1 saturated carbocycles. The number of nitrogens with one attached hydrogen (secondary N) is 2. The summed E-state index contributed by atoms with van der Waals surface area (Å²) < 4.78 is 1.71. The first-order valence-corrected chi connectivity index (χ1v) is 6.26. The van der Waals surface area contributed by atoms with Crippen LogP contribution in [0.5, 0.6) is 0 Å². The van der Waals surface area contributed by atoms with Gasteiger partial charge in [0.2, 0.25) is 0 Å². The smallest absolute Gasteiger partial charge is 0.0583 e. The Morgan fingerprint density at radius 1 is 1.33 bits per heavy atom. The average Bonchev–Trinajstić information content (AvgIpc) is 2.17. The maximum atomic E-state index is 4.35. The Morgan fingerprint density at radius 2 is 2.07 bits per heavy atom. The van der Waals surface area contributed by atoms with Crippen LogP contribution in [0.15, 0.2) is 11.1 Å². The molecular weight excluding hydrogens is 228 g/mol. The van der Waals surface area contributed by atoms with E-state index in [2.05, 4.69) is 36.4 Å². The molecule has 2 aliphatic rings. The van der Waals surface area contributed by atoms with Crippen LogP contribution in [0, 0.1) is 0 Å². The zero-order valence-electron chi connectivity index (χ0n) is 8.69. The SMILES string of the molecule is SC1=CN(NC2CCCCC2)NN(S)C1. The van der Waals surface area contributed by atoms with Gasteiger partial charge in [0.05, 0.1) is 6.54 Å². The van der Waals surface area contributed by atoms with E-state index in [1.807, 2.05) is 11.3 Å². The first-order valence-electron chi connectivity index (χ1n) is 5.42. The van der Waals surface area contributed by atoms with E-state index < -0.39 is 0 Å². The van der Waals surface area contributed by atoms with Gasteiger partial charge in [0.1, 0.15) is 0 Å². The minimum absolute atomic E-state index is 0.573. The molecule has 0 radical (unpaired) electrons. The van der Waals surface area contributed by atoms with Gasteiger partial charge in [0.25, 0.3) is 0 Å². The van der Waals surface area contributed by atoms with Gasteiger partial charge < -0.3 is 0 Å². The van der Waals surface area contributed by atoms with Crippen LogP contribution in [0.25, 0.3) is 0 Å². The summed E-state index contributed by atoms with van der Waals surface area (Å²) in [6.07, 6.45) is 8.49. The van der Waals surface area contributed by atoms with Crippen molar-refractivity contribution in [1.82, 2.24) is 20.5 Å². The van der Waals surface area contributed by atoms with Crippen molar-refractivity contribution in [3.8, 4) is 0 Å². The first-order chi connectivity index (χ1) is 7.24. The third-order valence-electron chi connectivity index (χ3n) is 2.74. The normalized spacial score (nSPS) is 25.5. The molecule has 0 atom stereocenters. The summed E-state index contributed by atoms with van der Waals surface area (Å²) in [5.74, 6) is 0. The number of thiol groups is 2. The number of nitrogens with zero attached hydrogens (tertiary/aromatic N) is 2. The van der Waals surface area contributed by atoms with Crippen molar-refractivity contribution in [3.05, 3.63) is 11.1 Å². The van der Waals surface area contributed by atoms with Crippen LogP contribution in [0.2, 0.25) is 0 Å². The van der Waals surface area contributed by atoms with E-state index in [1.54, 1.807) is 4.41 Å². The van der Waals surface area contributed by atoms with Gasteiger partial charge in [0, 0.05) is 17.1 Å². The predicted molar refractivity (Wildman–Crippen MR) is 67.7 cm³/mol. The second-order valence-electron chi connectivity index (χ2n) is 4.11. The van der Waals surface area contributed by atoms with Crippen molar-refractivity contribution in [2.24, 2.45) is 0 Å². The molecular formula is C9H18N4S2. The number of hydrogen-bond donors (Lipinski definition) is 4. The third kappa shape index (κ3) is 3.57. The topological polar surface area (TPSA) is 30.5 Å². The number of hydrazine groups is 3. The summed E-state index contributed by atoms with van der Waals surface area (Å²) in [5.41, 5.74) is 6.51. The monoisotopic (exact) mass is 246 g/mol. The van der Waals surface area contributed by atoms with Gasteiger partial charge >= 0.3 is 0 Å². The molecule has 1 aliphatic heterocycles. The van der Waals surface area contributed by atoms with Crippen molar-refractivity contribution in [2.75, 3.05) is 6.54 Å². The lowest BCUT2D eigenvalue weighted by atomic mass is 9.96. The van der Waals surface area contributed by atoms with Crippen molar-refractivity contribution in [1.29, 1.82) is 0 Å². The Morgan fingerprint density at radius 3 is 2.73 bits per heavy atom. The van der Waals surface area contributed by atoms with E-state index in [0.29, 0.717) is 6.04 Å². The van der Waals surface area contributed by atoms with Crippen LogP contribution < -0.4 is 11.0 Å². The van der Waals surface area contributed by atoms with Crippen LogP contribution in [-0.2, 0) is 0 Å². The largest absolute Gasteiger partial charge is 0.233 e. The lowest BCUT2D eigenvalue weighted by Crippen LogP contribution is -2.56. The summed E-state index contributed by atoms with van der Waals surface area (Å²) in [5, 5.41) is 1.86. The zero-order chi connectivity index (χ0) is 10.7. The highest BCUT2D eigenvalue weighted by Crippen LogP contribution is 2.18. The van der Waals surface area contributed by atoms with Gasteiger partial charge in [0.15, 0.2) is 0 Å². The molecule has 0 spiro atoms. The standard InChI is InChI=1S/C9H18N4S2/c14-9-6-12(11-13(15)7-9)10-8-4-2-1-3-5-8/h6,8,10-11,14-15H,1-5,7H2. The van der Waals surface area contributed by atoms with Crippen molar-refractivity contribution in [3.63, 3.8) is 0 Å². The van der Waals surface area contributed by atoms with Gasteiger partial charge in [-0.2, -0.15) is 4.41 Å². The molecule has 0 bridgehead atoms. The van der Waals surface area contributed by atoms with Gasteiger partial charge in [-0.1, -0.05) is 32.1 Å². The summed E-state index contributed by atoms with van der Waals surface area (Å²) in [4.78, 5) is 0.993. The average molecular weight is 246 g/mol. The Labute approximate surface area is 102 Å². The minimum atomic E-state index is 0.573. The molecule has 0 saturated heterocycles. The van der Waals surface area contributed by atoms with Gasteiger partial charge in [-0.15, -0.1) is 18.2 Å². The molecule has 0 aromatic rings. The predicted octanol–water partition coefficient (Wildman–Crippen LogP) is 1.48. The molecule has 1 fully saturated rings. The Hall–Kier alpha value is 0.120.